The van der Waals surface area contributed by atoms with Gasteiger partial charge in [0.25, 0.3) is 0 Å². The fourth-order valence-electron chi connectivity index (χ4n) is 2.82. The molecule has 1 aliphatic carbocycles. The molecule has 1 aliphatic rings. The molecular weight excluding hydrogens is 270 g/mol. The van der Waals surface area contributed by atoms with Gasteiger partial charge in [-0.05, 0) is 38.3 Å². The van der Waals surface area contributed by atoms with Gasteiger partial charge in [0.05, 0.1) is 0 Å². The normalized spacial score (nSPS) is 14.3. The summed E-state index contributed by atoms with van der Waals surface area (Å²) in [6, 6.07) is 15.8. The fourth-order valence-corrected chi connectivity index (χ4v) is 2.82. The molecule has 1 aromatic carbocycles. The Kier molecular flexibility index (Phi) is 4.74. The lowest BCUT2D eigenvalue weighted by Crippen LogP contribution is -2.25. The predicted octanol–water partition coefficient (Wildman–Crippen LogP) is 3.99. The smallest absolute Gasteiger partial charge is 0.130 e. The number of aryl methyl sites for hydroxylation is 1. The monoisotopic (exact) mass is 295 g/mol. The number of nitrogens with one attached hydrogen (secondary N) is 1. The Balaban J connectivity index is 1.76. The molecule has 1 saturated carbocycles. The van der Waals surface area contributed by atoms with Gasteiger partial charge in [-0.2, -0.15) is 0 Å². The molecule has 3 rings (SSSR count). The molecule has 1 fully saturated rings. The predicted molar refractivity (Wildman–Crippen MR) is 91.8 cm³/mol. The summed E-state index contributed by atoms with van der Waals surface area (Å²) in [4.78, 5) is 7.25. The Morgan fingerprint density at radius 2 is 1.86 bits per heavy atom. The van der Waals surface area contributed by atoms with Crippen LogP contribution in [0.2, 0.25) is 0 Å². The average molecular weight is 295 g/mol. The molecule has 0 bridgehead atoms. The van der Waals surface area contributed by atoms with Crippen molar-refractivity contribution in [3.8, 4) is 0 Å². The van der Waals surface area contributed by atoms with Gasteiger partial charge in [0, 0.05) is 36.9 Å². The fraction of sp³-hybridized carbons (Fsp3) is 0.421. The molecule has 116 valence electrons. The highest BCUT2D eigenvalue weighted by molar-refractivity contribution is 5.45. The van der Waals surface area contributed by atoms with Crippen LogP contribution in [0.5, 0.6) is 0 Å². The maximum absolute atomic E-state index is 4.66. The van der Waals surface area contributed by atoms with Crippen molar-refractivity contribution in [1.82, 2.24) is 9.88 Å². The van der Waals surface area contributed by atoms with Crippen molar-refractivity contribution < 1.29 is 0 Å². The Hall–Kier alpha value is -1.87. The van der Waals surface area contributed by atoms with E-state index in [1.165, 1.54) is 24.0 Å². The number of aromatic nitrogens is 1. The molecule has 0 saturated heterocycles. The largest absolute Gasteiger partial charge is 0.370 e. The van der Waals surface area contributed by atoms with Gasteiger partial charge >= 0.3 is 0 Å². The number of hydrogen-bond acceptors (Lipinski definition) is 3. The zero-order valence-electron chi connectivity index (χ0n) is 13.5. The molecule has 0 aliphatic heterocycles. The van der Waals surface area contributed by atoms with Crippen LogP contribution in [-0.4, -0.2) is 22.5 Å². The van der Waals surface area contributed by atoms with Gasteiger partial charge < -0.3 is 5.32 Å². The van der Waals surface area contributed by atoms with Gasteiger partial charge in [-0.1, -0.05) is 36.4 Å². The van der Waals surface area contributed by atoms with Crippen molar-refractivity contribution in [1.29, 1.82) is 0 Å². The minimum absolute atomic E-state index is 0.732. The Morgan fingerprint density at radius 3 is 2.55 bits per heavy atom. The van der Waals surface area contributed by atoms with Crippen molar-refractivity contribution >= 4 is 5.82 Å². The van der Waals surface area contributed by atoms with E-state index in [2.05, 4.69) is 64.6 Å². The summed E-state index contributed by atoms with van der Waals surface area (Å²) >= 11 is 0. The summed E-state index contributed by atoms with van der Waals surface area (Å²) in [7, 11) is 0. The second kappa shape index (κ2) is 6.93. The van der Waals surface area contributed by atoms with Crippen LogP contribution in [-0.2, 0) is 13.1 Å². The van der Waals surface area contributed by atoms with E-state index >= 15 is 0 Å². The number of benzene rings is 1. The van der Waals surface area contributed by atoms with E-state index in [1.807, 2.05) is 6.92 Å². The summed E-state index contributed by atoms with van der Waals surface area (Å²) in [6.07, 6.45) is 2.64. The maximum Gasteiger partial charge on any atom is 0.130 e. The van der Waals surface area contributed by atoms with Crippen molar-refractivity contribution in [3.05, 3.63) is 59.3 Å². The van der Waals surface area contributed by atoms with Crippen LogP contribution in [0.3, 0.4) is 0 Å². The lowest BCUT2D eigenvalue weighted by molar-refractivity contribution is 0.246. The van der Waals surface area contributed by atoms with Gasteiger partial charge in [0.1, 0.15) is 5.82 Å². The molecule has 0 unspecified atom stereocenters. The second-order valence-electron chi connectivity index (χ2n) is 6.11. The highest BCUT2D eigenvalue weighted by atomic mass is 15.2. The number of pyridine rings is 1. The summed E-state index contributed by atoms with van der Waals surface area (Å²) in [5.74, 6) is 1.04. The number of anilines is 1. The SMILES string of the molecule is CCNc1nc(C)ccc1CN(Cc1ccccc1)C1CC1. The van der Waals surface area contributed by atoms with Crippen molar-refractivity contribution in [2.24, 2.45) is 0 Å². The van der Waals surface area contributed by atoms with E-state index in [-0.39, 0.29) is 0 Å². The third-order valence-corrected chi connectivity index (χ3v) is 4.13. The topological polar surface area (TPSA) is 28.2 Å². The van der Waals surface area contributed by atoms with Gasteiger partial charge in [-0.25, -0.2) is 4.98 Å². The molecule has 0 radical (unpaired) electrons. The molecule has 3 heteroatoms. The lowest BCUT2D eigenvalue weighted by atomic mass is 10.1. The molecule has 1 N–H and O–H groups in total. The summed E-state index contributed by atoms with van der Waals surface area (Å²) < 4.78 is 0. The maximum atomic E-state index is 4.66. The van der Waals surface area contributed by atoms with E-state index in [0.717, 1.165) is 37.2 Å². The molecular formula is C19H25N3. The quantitative estimate of drug-likeness (QED) is 0.837. The average Bonchev–Trinajstić information content (AvgIpc) is 3.35. The van der Waals surface area contributed by atoms with Crippen LogP contribution in [0.4, 0.5) is 5.82 Å². The van der Waals surface area contributed by atoms with Gasteiger partial charge in [-0.15, -0.1) is 0 Å². The molecule has 3 nitrogen and oxygen atoms in total. The summed E-state index contributed by atoms with van der Waals surface area (Å²) in [5, 5.41) is 3.41. The third kappa shape index (κ3) is 3.86. The minimum atomic E-state index is 0.732. The van der Waals surface area contributed by atoms with E-state index < -0.39 is 0 Å². The first kappa shape index (κ1) is 15.0. The standard InChI is InChI=1S/C19H25N3/c1-3-20-19-17(10-9-15(2)21-19)14-22(18-11-12-18)13-16-7-5-4-6-8-16/h4-10,18H,3,11-14H2,1-2H3,(H,20,21). The lowest BCUT2D eigenvalue weighted by Gasteiger charge is -2.23. The highest BCUT2D eigenvalue weighted by Crippen LogP contribution is 2.31. The van der Waals surface area contributed by atoms with Crippen molar-refractivity contribution in [2.75, 3.05) is 11.9 Å². The van der Waals surface area contributed by atoms with E-state index in [9.17, 15) is 0 Å². The van der Waals surface area contributed by atoms with Crippen LogP contribution >= 0.6 is 0 Å². The number of hydrogen-bond donors (Lipinski definition) is 1. The van der Waals surface area contributed by atoms with E-state index in [4.69, 9.17) is 0 Å². The molecule has 0 atom stereocenters. The van der Waals surface area contributed by atoms with Crippen LogP contribution in [0.25, 0.3) is 0 Å². The van der Waals surface area contributed by atoms with Crippen molar-refractivity contribution in [3.63, 3.8) is 0 Å². The second-order valence-corrected chi connectivity index (χ2v) is 6.11. The molecule has 0 spiro atoms. The van der Waals surface area contributed by atoms with Crippen LogP contribution < -0.4 is 5.32 Å². The van der Waals surface area contributed by atoms with Gasteiger partial charge in [-0.3, -0.25) is 4.90 Å². The Morgan fingerprint density at radius 1 is 1.09 bits per heavy atom. The Bertz CT molecular complexity index is 605. The Labute approximate surface area is 133 Å². The van der Waals surface area contributed by atoms with E-state index in [1.54, 1.807) is 0 Å². The highest BCUT2D eigenvalue weighted by Gasteiger charge is 2.29. The third-order valence-electron chi connectivity index (χ3n) is 4.13. The minimum Gasteiger partial charge on any atom is -0.370 e. The molecule has 0 amide bonds. The van der Waals surface area contributed by atoms with Crippen LogP contribution in [0.15, 0.2) is 42.5 Å². The van der Waals surface area contributed by atoms with Crippen LogP contribution in [0, 0.1) is 6.92 Å². The molecule has 2 aromatic rings. The first-order chi connectivity index (χ1) is 10.8. The van der Waals surface area contributed by atoms with Gasteiger partial charge in [0.2, 0.25) is 0 Å². The molecule has 1 aromatic heterocycles. The van der Waals surface area contributed by atoms with Crippen molar-refractivity contribution in [2.45, 2.75) is 45.8 Å². The zero-order valence-corrected chi connectivity index (χ0v) is 13.5. The molecule has 1 heterocycles. The summed E-state index contributed by atoms with van der Waals surface area (Å²) in [6.45, 7) is 7.06. The first-order valence-electron chi connectivity index (χ1n) is 8.24. The van der Waals surface area contributed by atoms with Crippen LogP contribution in [0.1, 0.15) is 36.6 Å². The van der Waals surface area contributed by atoms with Gasteiger partial charge in [0.15, 0.2) is 0 Å². The molecule has 22 heavy (non-hydrogen) atoms. The number of rotatable bonds is 7. The van der Waals surface area contributed by atoms with E-state index in [0.29, 0.717) is 0 Å². The summed E-state index contributed by atoms with van der Waals surface area (Å²) in [5.41, 5.74) is 3.76. The first-order valence-corrected chi connectivity index (χ1v) is 8.24. The zero-order chi connectivity index (χ0) is 15.4. The number of nitrogens with zero attached hydrogens (tertiary/aromatic N) is 2.